The molecule has 0 bridgehead atoms. The summed E-state index contributed by atoms with van der Waals surface area (Å²) in [5, 5.41) is 6.27. The van der Waals surface area contributed by atoms with Crippen LogP contribution in [0.4, 0.5) is 10.9 Å². The number of pyridine rings is 1. The minimum atomic E-state index is -0.227. The van der Waals surface area contributed by atoms with Crippen LogP contribution in [0.5, 0.6) is 5.75 Å². The standard InChI is InChI=1S/C22H26N4O2S/c1-3-17-8-4-5-12-26(17)19-11-10-16-7-6-9-18(21(16)24-19)28-13-20(27)25-22-23-15(2)14-29-22/h6-7,9-11,14,17H,3-5,8,12-13H2,1-2H3,(H,23,25,27). The van der Waals surface area contributed by atoms with Gasteiger partial charge in [0.1, 0.15) is 17.1 Å². The molecular weight excluding hydrogens is 384 g/mol. The maximum atomic E-state index is 12.2. The molecule has 0 saturated carbocycles. The van der Waals surface area contributed by atoms with Crippen molar-refractivity contribution >= 4 is 39.1 Å². The SMILES string of the molecule is CCC1CCCCN1c1ccc2cccc(OCC(=O)Nc3nc(C)cs3)c2n1. The highest BCUT2D eigenvalue weighted by molar-refractivity contribution is 7.13. The highest BCUT2D eigenvalue weighted by Gasteiger charge is 2.22. The molecule has 1 amide bonds. The van der Waals surface area contributed by atoms with Gasteiger partial charge in [0.25, 0.3) is 5.91 Å². The van der Waals surface area contributed by atoms with Gasteiger partial charge in [-0.2, -0.15) is 0 Å². The molecule has 0 radical (unpaired) electrons. The number of piperidine rings is 1. The molecule has 1 saturated heterocycles. The maximum absolute atomic E-state index is 12.2. The number of fused-ring (bicyclic) bond motifs is 1. The molecule has 152 valence electrons. The van der Waals surface area contributed by atoms with Crippen molar-refractivity contribution in [2.24, 2.45) is 0 Å². The van der Waals surface area contributed by atoms with Crippen molar-refractivity contribution in [3.63, 3.8) is 0 Å². The van der Waals surface area contributed by atoms with Crippen LogP contribution in [0.15, 0.2) is 35.7 Å². The molecule has 1 aromatic carbocycles. The number of para-hydroxylation sites is 1. The topological polar surface area (TPSA) is 67.3 Å². The van der Waals surface area contributed by atoms with E-state index in [9.17, 15) is 4.79 Å². The zero-order valence-corrected chi connectivity index (χ0v) is 17.7. The monoisotopic (exact) mass is 410 g/mol. The highest BCUT2D eigenvalue weighted by Crippen LogP contribution is 2.30. The third kappa shape index (κ3) is 4.50. The number of hydrogen-bond acceptors (Lipinski definition) is 6. The first-order valence-electron chi connectivity index (χ1n) is 10.1. The van der Waals surface area contributed by atoms with Crippen LogP contribution in [0.1, 0.15) is 38.3 Å². The number of thiazole rings is 1. The summed E-state index contributed by atoms with van der Waals surface area (Å²) in [6, 6.07) is 10.5. The smallest absolute Gasteiger partial charge is 0.264 e. The summed E-state index contributed by atoms with van der Waals surface area (Å²) in [6.45, 7) is 5.09. The Morgan fingerprint density at radius 2 is 2.17 bits per heavy atom. The minimum absolute atomic E-state index is 0.0784. The molecule has 1 atom stereocenters. The Morgan fingerprint density at radius 1 is 1.28 bits per heavy atom. The first-order chi connectivity index (χ1) is 14.1. The number of nitrogens with zero attached hydrogens (tertiary/aromatic N) is 3. The van der Waals surface area contributed by atoms with Crippen LogP contribution < -0.4 is 15.0 Å². The number of hydrogen-bond donors (Lipinski definition) is 1. The van der Waals surface area contributed by atoms with Crippen LogP contribution in [0, 0.1) is 6.92 Å². The molecule has 6 nitrogen and oxygen atoms in total. The molecule has 1 unspecified atom stereocenters. The normalized spacial score (nSPS) is 16.8. The predicted octanol–water partition coefficient (Wildman–Crippen LogP) is 4.79. The van der Waals surface area contributed by atoms with Crippen molar-refractivity contribution in [1.82, 2.24) is 9.97 Å². The predicted molar refractivity (Wildman–Crippen MR) is 118 cm³/mol. The molecule has 1 aliphatic rings. The van der Waals surface area contributed by atoms with E-state index in [4.69, 9.17) is 9.72 Å². The molecule has 7 heteroatoms. The van der Waals surface area contributed by atoms with E-state index in [1.165, 1.54) is 30.6 Å². The van der Waals surface area contributed by atoms with Gasteiger partial charge < -0.3 is 9.64 Å². The molecule has 1 N–H and O–H groups in total. The summed E-state index contributed by atoms with van der Waals surface area (Å²) in [5.74, 6) is 1.39. The number of anilines is 2. The number of benzene rings is 1. The number of ether oxygens (including phenoxy) is 1. The average Bonchev–Trinajstić information content (AvgIpc) is 3.16. The Labute approximate surface area is 174 Å². The Bertz CT molecular complexity index is 1000. The number of aromatic nitrogens is 2. The van der Waals surface area contributed by atoms with Crippen LogP contribution in [0.3, 0.4) is 0 Å². The van der Waals surface area contributed by atoms with Gasteiger partial charge in [0.15, 0.2) is 11.7 Å². The Kier molecular flexibility index (Phi) is 5.94. The van der Waals surface area contributed by atoms with Crippen molar-refractivity contribution < 1.29 is 9.53 Å². The van der Waals surface area contributed by atoms with Crippen LogP contribution in [-0.2, 0) is 4.79 Å². The first kappa shape index (κ1) is 19.6. The molecule has 3 aromatic rings. The number of rotatable bonds is 6. The molecular formula is C22H26N4O2S. The van der Waals surface area contributed by atoms with E-state index in [0.717, 1.165) is 35.4 Å². The minimum Gasteiger partial charge on any atom is -0.481 e. The second kappa shape index (κ2) is 8.78. The second-order valence-electron chi connectivity index (χ2n) is 7.38. The zero-order chi connectivity index (χ0) is 20.2. The summed E-state index contributed by atoms with van der Waals surface area (Å²) in [6.07, 6.45) is 4.81. The van der Waals surface area contributed by atoms with Gasteiger partial charge in [-0.3, -0.25) is 10.1 Å². The van der Waals surface area contributed by atoms with E-state index in [-0.39, 0.29) is 12.5 Å². The zero-order valence-electron chi connectivity index (χ0n) is 16.9. The van der Waals surface area contributed by atoms with Crippen LogP contribution >= 0.6 is 11.3 Å². The van der Waals surface area contributed by atoms with Gasteiger partial charge in [-0.1, -0.05) is 19.1 Å². The lowest BCUT2D eigenvalue weighted by Crippen LogP contribution is -2.39. The van der Waals surface area contributed by atoms with E-state index < -0.39 is 0 Å². The fourth-order valence-corrected chi connectivity index (χ4v) is 4.53. The largest absolute Gasteiger partial charge is 0.481 e. The Morgan fingerprint density at radius 3 is 2.97 bits per heavy atom. The van der Waals surface area contributed by atoms with Crippen LogP contribution in [0.25, 0.3) is 10.9 Å². The molecule has 0 aliphatic carbocycles. The van der Waals surface area contributed by atoms with Crippen molar-refractivity contribution in [3.8, 4) is 5.75 Å². The summed E-state index contributed by atoms with van der Waals surface area (Å²) >= 11 is 1.41. The molecule has 1 fully saturated rings. The van der Waals surface area contributed by atoms with Crippen molar-refractivity contribution in [2.45, 2.75) is 45.6 Å². The van der Waals surface area contributed by atoms with Crippen molar-refractivity contribution in [1.29, 1.82) is 0 Å². The summed E-state index contributed by atoms with van der Waals surface area (Å²) in [7, 11) is 0. The number of nitrogens with one attached hydrogen (secondary N) is 1. The first-order valence-corrected chi connectivity index (χ1v) is 11.0. The lowest BCUT2D eigenvalue weighted by molar-refractivity contribution is -0.118. The number of aryl methyl sites for hydroxylation is 1. The Balaban J connectivity index is 1.52. The number of amides is 1. The number of carbonyl (C=O) groups is 1. The van der Waals surface area contributed by atoms with Gasteiger partial charge >= 0.3 is 0 Å². The maximum Gasteiger partial charge on any atom is 0.264 e. The van der Waals surface area contributed by atoms with E-state index >= 15 is 0 Å². The molecule has 3 heterocycles. The van der Waals surface area contributed by atoms with Gasteiger partial charge in [-0.15, -0.1) is 11.3 Å². The molecule has 1 aliphatic heterocycles. The van der Waals surface area contributed by atoms with Gasteiger partial charge in [-0.05, 0) is 50.8 Å². The molecule has 0 spiro atoms. The highest BCUT2D eigenvalue weighted by atomic mass is 32.1. The van der Waals surface area contributed by atoms with Crippen LogP contribution in [-0.4, -0.2) is 35.1 Å². The molecule has 29 heavy (non-hydrogen) atoms. The summed E-state index contributed by atoms with van der Waals surface area (Å²) < 4.78 is 5.84. The molecule has 2 aromatic heterocycles. The quantitative estimate of drug-likeness (QED) is 0.633. The van der Waals surface area contributed by atoms with Crippen molar-refractivity contribution in [3.05, 3.63) is 41.4 Å². The van der Waals surface area contributed by atoms with E-state index in [1.807, 2.05) is 30.5 Å². The van der Waals surface area contributed by atoms with Crippen LogP contribution in [0.2, 0.25) is 0 Å². The second-order valence-corrected chi connectivity index (χ2v) is 8.24. The third-order valence-electron chi connectivity index (χ3n) is 5.29. The number of carbonyl (C=O) groups excluding carboxylic acids is 1. The van der Waals surface area contributed by atoms with E-state index in [1.54, 1.807) is 0 Å². The Hall–Kier alpha value is -2.67. The lowest BCUT2D eigenvalue weighted by atomic mass is 10.00. The summed E-state index contributed by atoms with van der Waals surface area (Å²) in [5.41, 5.74) is 1.68. The van der Waals surface area contributed by atoms with E-state index in [2.05, 4.69) is 34.3 Å². The fraction of sp³-hybridized carbons (Fsp3) is 0.409. The lowest BCUT2D eigenvalue weighted by Gasteiger charge is -2.36. The third-order valence-corrected chi connectivity index (χ3v) is 6.16. The van der Waals surface area contributed by atoms with Gasteiger partial charge in [0.05, 0.1) is 5.69 Å². The van der Waals surface area contributed by atoms with Gasteiger partial charge in [0.2, 0.25) is 0 Å². The van der Waals surface area contributed by atoms with E-state index in [0.29, 0.717) is 16.9 Å². The summed E-state index contributed by atoms with van der Waals surface area (Å²) in [4.78, 5) is 23.8. The van der Waals surface area contributed by atoms with Gasteiger partial charge in [0, 0.05) is 23.4 Å². The molecule has 4 rings (SSSR count). The van der Waals surface area contributed by atoms with Gasteiger partial charge in [-0.25, -0.2) is 9.97 Å². The average molecular weight is 411 g/mol. The fourth-order valence-electron chi connectivity index (χ4n) is 3.82. The van der Waals surface area contributed by atoms with Crippen molar-refractivity contribution in [2.75, 3.05) is 23.4 Å².